The molecular weight excluding hydrogens is 244 g/mol. The number of piperidine rings is 1. The maximum absolute atomic E-state index is 12.4. The molecule has 0 aromatic heterocycles. The Bertz CT molecular complexity index is 568. The van der Waals surface area contributed by atoms with Crippen LogP contribution in [0.5, 0.6) is 0 Å². The molecule has 2 aliphatic rings. The second kappa shape index (κ2) is 4.50. The van der Waals surface area contributed by atoms with Gasteiger partial charge in [0.15, 0.2) is 0 Å². The van der Waals surface area contributed by atoms with Gasteiger partial charge in [0, 0.05) is 18.5 Å². The van der Waals surface area contributed by atoms with Crippen molar-refractivity contribution in [3.05, 3.63) is 35.4 Å². The molecule has 0 bridgehead atoms. The molecule has 2 aliphatic heterocycles. The predicted molar refractivity (Wildman–Crippen MR) is 67.4 cm³/mol. The molecule has 19 heavy (non-hydrogen) atoms. The van der Waals surface area contributed by atoms with Gasteiger partial charge in [0.25, 0.3) is 5.91 Å². The van der Waals surface area contributed by atoms with E-state index in [1.54, 1.807) is 11.0 Å². The zero-order valence-electron chi connectivity index (χ0n) is 10.4. The molecule has 2 heterocycles. The van der Waals surface area contributed by atoms with Crippen LogP contribution in [-0.4, -0.2) is 35.2 Å². The van der Waals surface area contributed by atoms with E-state index in [1.807, 2.05) is 18.2 Å². The molecule has 0 spiro atoms. The fourth-order valence-electron chi connectivity index (χ4n) is 2.72. The van der Waals surface area contributed by atoms with Gasteiger partial charge in [-0.1, -0.05) is 18.2 Å². The molecule has 1 saturated heterocycles. The van der Waals surface area contributed by atoms with Crippen LogP contribution < -0.4 is 5.32 Å². The molecular formula is C14H14N2O3. The van der Waals surface area contributed by atoms with E-state index in [4.69, 9.17) is 0 Å². The molecule has 0 aliphatic carbocycles. The monoisotopic (exact) mass is 258 g/mol. The number of imide groups is 1. The van der Waals surface area contributed by atoms with Crippen molar-refractivity contribution < 1.29 is 14.4 Å². The van der Waals surface area contributed by atoms with E-state index in [1.165, 1.54) is 0 Å². The van der Waals surface area contributed by atoms with E-state index in [0.717, 1.165) is 12.0 Å². The van der Waals surface area contributed by atoms with Crippen LogP contribution in [0.25, 0.3) is 0 Å². The number of hydrogen-bond acceptors (Lipinski definition) is 3. The van der Waals surface area contributed by atoms with Crippen LogP contribution in [0.1, 0.15) is 28.8 Å². The number of benzene rings is 1. The number of nitrogens with zero attached hydrogens (tertiary/aromatic N) is 1. The van der Waals surface area contributed by atoms with E-state index in [2.05, 4.69) is 5.32 Å². The summed E-state index contributed by atoms with van der Waals surface area (Å²) in [7, 11) is 0. The van der Waals surface area contributed by atoms with Gasteiger partial charge in [-0.05, 0) is 24.5 Å². The van der Waals surface area contributed by atoms with Gasteiger partial charge in [-0.15, -0.1) is 0 Å². The summed E-state index contributed by atoms with van der Waals surface area (Å²) < 4.78 is 0. The summed E-state index contributed by atoms with van der Waals surface area (Å²) in [5.41, 5.74) is 1.69. The molecule has 0 saturated carbocycles. The highest BCUT2D eigenvalue weighted by molar-refractivity contribution is 6.04. The first-order valence-electron chi connectivity index (χ1n) is 6.39. The minimum Gasteiger partial charge on any atom is -0.326 e. The molecule has 3 rings (SSSR count). The fraction of sp³-hybridized carbons (Fsp3) is 0.357. The number of carbonyl (C=O) groups excluding carboxylic acids is 3. The first-order valence-corrected chi connectivity index (χ1v) is 6.39. The molecule has 1 unspecified atom stereocenters. The van der Waals surface area contributed by atoms with E-state index in [9.17, 15) is 14.4 Å². The van der Waals surface area contributed by atoms with Gasteiger partial charge in [0.05, 0.1) is 0 Å². The Morgan fingerprint density at radius 1 is 1.11 bits per heavy atom. The molecule has 3 amide bonds. The van der Waals surface area contributed by atoms with Gasteiger partial charge in [0.1, 0.15) is 6.04 Å². The van der Waals surface area contributed by atoms with Gasteiger partial charge < -0.3 is 4.90 Å². The number of hydrogen-bond donors (Lipinski definition) is 1. The van der Waals surface area contributed by atoms with Crippen LogP contribution >= 0.6 is 0 Å². The summed E-state index contributed by atoms with van der Waals surface area (Å²) in [6.07, 6.45) is 1.46. The van der Waals surface area contributed by atoms with Crippen molar-refractivity contribution >= 4 is 17.7 Å². The third-order valence-corrected chi connectivity index (χ3v) is 3.72. The Balaban J connectivity index is 1.86. The Hall–Kier alpha value is -2.17. The van der Waals surface area contributed by atoms with Crippen molar-refractivity contribution in [2.75, 3.05) is 6.54 Å². The second-order valence-electron chi connectivity index (χ2n) is 4.87. The maximum atomic E-state index is 12.4. The van der Waals surface area contributed by atoms with Crippen LogP contribution in [0.2, 0.25) is 0 Å². The zero-order valence-corrected chi connectivity index (χ0v) is 10.4. The minimum atomic E-state index is -0.515. The van der Waals surface area contributed by atoms with E-state index < -0.39 is 6.04 Å². The Labute approximate surface area is 110 Å². The second-order valence-corrected chi connectivity index (χ2v) is 4.87. The van der Waals surface area contributed by atoms with Crippen LogP contribution in [0.15, 0.2) is 24.3 Å². The van der Waals surface area contributed by atoms with Crippen molar-refractivity contribution in [1.82, 2.24) is 10.2 Å². The summed E-state index contributed by atoms with van der Waals surface area (Å²) in [6, 6.07) is 6.95. The van der Waals surface area contributed by atoms with Gasteiger partial charge in [0.2, 0.25) is 11.8 Å². The summed E-state index contributed by atoms with van der Waals surface area (Å²) in [5.74, 6) is -0.730. The van der Waals surface area contributed by atoms with E-state index in [0.29, 0.717) is 24.9 Å². The Kier molecular flexibility index (Phi) is 2.81. The summed E-state index contributed by atoms with van der Waals surface area (Å²) >= 11 is 0. The standard InChI is InChI=1S/C14H14N2O3/c17-12-6-5-11(13(18)15-12)16-8-7-9-3-1-2-4-10(9)14(16)19/h1-4,11H,5-8H2,(H,15,17,18). The Morgan fingerprint density at radius 2 is 1.89 bits per heavy atom. The van der Waals surface area contributed by atoms with Gasteiger partial charge in [-0.2, -0.15) is 0 Å². The highest BCUT2D eigenvalue weighted by Crippen LogP contribution is 2.23. The topological polar surface area (TPSA) is 66.5 Å². The van der Waals surface area contributed by atoms with Crippen LogP contribution in [0.3, 0.4) is 0 Å². The molecule has 98 valence electrons. The van der Waals surface area contributed by atoms with Crippen LogP contribution in [-0.2, 0) is 16.0 Å². The predicted octanol–water partition coefficient (Wildman–Crippen LogP) is 0.490. The number of fused-ring (bicyclic) bond motifs is 1. The summed E-state index contributed by atoms with van der Waals surface area (Å²) in [6.45, 7) is 0.530. The number of rotatable bonds is 1. The van der Waals surface area contributed by atoms with Crippen LogP contribution in [0.4, 0.5) is 0 Å². The molecule has 0 radical (unpaired) electrons. The quantitative estimate of drug-likeness (QED) is 0.745. The molecule has 5 nitrogen and oxygen atoms in total. The van der Waals surface area contributed by atoms with Crippen LogP contribution in [0, 0.1) is 0 Å². The lowest BCUT2D eigenvalue weighted by Crippen LogP contribution is -2.55. The van der Waals surface area contributed by atoms with Gasteiger partial charge in [-0.3, -0.25) is 19.7 Å². The third-order valence-electron chi connectivity index (χ3n) is 3.72. The number of amides is 3. The molecule has 1 fully saturated rings. The maximum Gasteiger partial charge on any atom is 0.254 e. The molecule has 1 atom stereocenters. The number of carbonyl (C=O) groups is 3. The smallest absolute Gasteiger partial charge is 0.254 e. The largest absolute Gasteiger partial charge is 0.326 e. The Morgan fingerprint density at radius 3 is 2.68 bits per heavy atom. The average molecular weight is 258 g/mol. The lowest BCUT2D eigenvalue weighted by atomic mass is 9.95. The highest BCUT2D eigenvalue weighted by Gasteiger charge is 2.36. The SMILES string of the molecule is O=C1CCC(N2CCc3ccccc3C2=O)C(=O)N1. The summed E-state index contributed by atoms with van der Waals surface area (Å²) in [4.78, 5) is 37.0. The zero-order chi connectivity index (χ0) is 13.4. The van der Waals surface area contributed by atoms with Crippen molar-refractivity contribution in [2.24, 2.45) is 0 Å². The van der Waals surface area contributed by atoms with E-state index in [-0.39, 0.29) is 17.7 Å². The van der Waals surface area contributed by atoms with Crippen molar-refractivity contribution in [2.45, 2.75) is 25.3 Å². The summed E-state index contributed by atoms with van der Waals surface area (Å²) in [5, 5.41) is 2.30. The first kappa shape index (κ1) is 11.9. The number of nitrogens with one attached hydrogen (secondary N) is 1. The first-order chi connectivity index (χ1) is 9.16. The molecule has 1 aromatic carbocycles. The lowest BCUT2D eigenvalue weighted by Gasteiger charge is -2.36. The average Bonchev–Trinajstić information content (AvgIpc) is 2.41. The van der Waals surface area contributed by atoms with Gasteiger partial charge >= 0.3 is 0 Å². The fourth-order valence-corrected chi connectivity index (χ4v) is 2.72. The van der Waals surface area contributed by atoms with Crippen molar-refractivity contribution in [3.63, 3.8) is 0 Å². The van der Waals surface area contributed by atoms with Crippen molar-refractivity contribution in [1.29, 1.82) is 0 Å². The molecule has 5 heteroatoms. The minimum absolute atomic E-state index is 0.114. The van der Waals surface area contributed by atoms with Crippen molar-refractivity contribution in [3.8, 4) is 0 Å². The molecule has 1 aromatic rings. The van der Waals surface area contributed by atoms with E-state index >= 15 is 0 Å². The van der Waals surface area contributed by atoms with Gasteiger partial charge in [-0.25, -0.2) is 0 Å². The molecule has 1 N–H and O–H groups in total. The normalized spacial score (nSPS) is 23.1. The lowest BCUT2D eigenvalue weighted by molar-refractivity contribution is -0.136. The highest BCUT2D eigenvalue weighted by atomic mass is 16.2. The third kappa shape index (κ3) is 2.01.